The quantitative estimate of drug-likeness (QED) is 0.920. The van der Waals surface area contributed by atoms with E-state index in [0.29, 0.717) is 19.6 Å². The second kappa shape index (κ2) is 6.66. The predicted octanol–water partition coefficient (Wildman–Crippen LogP) is 1.65. The number of benzene rings is 1. The van der Waals surface area contributed by atoms with Crippen molar-refractivity contribution in [2.24, 2.45) is 0 Å². The predicted molar refractivity (Wildman–Crippen MR) is 82.4 cm³/mol. The summed E-state index contributed by atoms with van der Waals surface area (Å²) in [6, 6.07) is 4.54. The molecule has 0 aromatic heterocycles. The zero-order valence-corrected chi connectivity index (χ0v) is 13.0. The third-order valence-corrected chi connectivity index (χ3v) is 4.73. The van der Waals surface area contributed by atoms with Crippen LogP contribution in [0.5, 0.6) is 0 Å². The van der Waals surface area contributed by atoms with Gasteiger partial charge in [-0.2, -0.15) is 0 Å². The van der Waals surface area contributed by atoms with Gasteiger partial charge in [-0.05, 0) is 48.9 Å². The largest absolute Gasteiger partial charge is 0.480 e. The van der Waals surface area contributed by atoms with E-state index in [-0.39, 0.29) is 24.3 Å². The molecule has 3 rings (SSSR count). The van der Waals surface area contributed by atoms with Crippen LogP contribution in [-0.2, 0) is 22.6 Å². The molecule has 0 spiro atoms. The fourth-order valence-corrected chi connectivity index (χ4v) is 3.55. The van der Waals surface area contributed by atoms with Crippen molar-refractivity contribution >= 4 is 11.9 Å². The minimum absolute atomic E-state index is 0.0875. The maximum atomic E-state index is 13.3. The zero-order valence-electron chi connectivity index (χ0n) is 13.0. The Morgan fingerprint density at radius 3 is 2.87 bits per heavy atom. The molecule has 124 valence electrons. The smallest absolute Gasteiger partial charge is 0.323 e. The molecule has 5 nitrogen and oxygen atoms in total. The molecule has 2 aliphatic heterocycles. The van der Waals surface area contributed by atoms with E-state index in [1.807, 2.05) is 0 Å². The molecule has 1 aromatic carbocycles. The Labute approximate surface area is 134 Å². The first kappa shape index (κ1) is 15.9. The summed E-state index contributed by atoms with van der Waals surface area (Å²) >= 11 is 0. The Balaban J connectivity index is 1.76. The van der Waals surface area contributed by atoms with Gasteiger partial charge in [-0.25, -0.2) is 4.39 Å². The molecular formula is C17H21FN2O3. The summed E-state index contributed by atoms with van der Waals surface area (Å²) in [5.41, 5.74) is 2.06. The molecule has 1 fully saturated rings. The van der Waals surface area contributed by atoms with Gasteiger partial charge in [0.2, 0.25) is 5.91 Å². The minimum Gasteiger partial charge on any atom is -0.480 e. The van der Waals surface area contributed by atoms with Crippen molar-refractivity contribution in [1.29, 1.82) is 0 Å². The number of halogens is 1. The molecule has 1 N–H and O–H groups in total. The molecule has 1 amide bonds. The van der Waals surface area contributed by atoms with Crippen LogP contribution in [0.15, 0.2) is 18.2 Å². The van der Waals surface area contributed by atoms with Crippen LogP contribution in [0.2, 0.25) is 0 Å². The van der Waals surface area contributed by atoms with Gasteiger partial charge in [0.05, 0.1) is 6.04 Å². The molecule has 6 heteroatoms. The van der Waals surface area contributed by atoms with Crippen molar-refractivity contribution in [3.8, 4) is 0 Å². The van der Waals surface area contributed by atoms with Gasteiger partial charge in [0, 0.05) is 19.6 Å². The van der Waals surface area contributed by atoms with Gasteiger partial charge >= 0.3 is 5.97 Å². The van der Waals surface area contributed by atoms with Gasteiger partial charge in [0.1, 0.15) is 12.4 Å². The lowest BCUT2D eigenvalue weighted by Gasteiger charge is -2.35. The molecule has 1 atom stereocenters. The first-order valence-corrected chi connectivity index (χ1v) is 8.06. The highest BCUT2D eigenvalue weighted by Crippen LogP contribution is 2.25. The Kier molecular flexibility index (Phi) is 4.61. The van der Waals surface area contributed by atoms with E-state index in [1.165, 1.54) is 11.0 Å². The monoisotopic (exact) mass is 320 g/mol. The minimum atomic E-state index is -0.974. The molecule has 1 unspecified atom stereocenters. The average Bonchev–Trinajstić information content (AvgIpc) is 2.69. The van der Waals surface area contributed by atoms with Gasteiger partial charge < -0.3 is 10.0 Å². The number of carbonyl (C=O) groups is 2. The van der Waals surface area contributed by atoms with Gasteiger partial charge in [-0.3, -0.25) is 14.5 Å². The van der Waals surface area contributed by atoms with Crippen molar-refractivity contribution in [1.82, 2.24) is 9.80 Å². The van der Waals surface area contributed by atoms with Crippen molar-refractivity contribution in [2.45, 2.75) is 38.3 Å². The number of carboxylic acids is 1. The van der Waals surface area contributed by atoms with E-state index in [9.17, 15) is 14.0 Å². The number of carbonyl (C=O) groups excluding carboxylic acids is 1. The summed E-state index contributed by atoms with van der Waals surface area (Å²) in [6.45, 7) is 1.60. The first-order chi connectivity index (χ1) is 11.0. The third kappa shape index (κ3) is 3.52. The van der Waals surface area contributed by atoms with Crippen LogP contribution < -0.4 is 0 Å². The first-order valence-electron chi connectivity index (χ1n) is 8.06. The van der Waals surface area contributed by atoms with E-state index in [2.05, 4.69) is 4.90 Å². The van der Waals surface area contributed by atoms with Crippen LogP contribution in [0.3, 0.4) is 0 Å². The van der Waals surface area contributed by atoms with Crippen molar-refractivity contribution in [3.63, 3.8) is 0 Å². The van der Waals surface area contributed by atoms with Gasteiger partial charge in [0.15, 0.2) is 0 Å². The van der Waals surface area contributed by atoms with Gasteiger partial charge in [-0.15, -0.1) is 0 Å². The summed E-state index contributed by atoms with van der Waals surface area (Å²) in [6.07, 6.45) is 3.23. The highest BCUT2D eigenvalue weighted by molar-refractivity contribution is 5.85. The lowest BCUT2D eigenvalue weighted by molar-refractivity contribution is -0.146. The molecule has 0 aliphatic carbocycles. The number of amides is 1. The van der Waals surface area contributed by atoms with E-state index in [1.54, 1.807) is 12.1 Å². The molecule has 1 saturated heterocycles. The van der Waals surface area contributed by atoms with Crippen LogP contribution in [0, 0.1) is 5.82 Å². The highest BCUT2D eigenvalue weighted by atomic mass is 19.1. The van der Waals surface area contributed by atoms with Crippen LogP contribution >= 0.6 is 0 Å². The van der Waals surface area contributed by atoms with Crippen molar-refractivity contribution in [3.05, 3.63) is 35.1 Å². The standard InChI is InChI=1S/C17H21FN2O3/c18-14-5-4-13-10-19(8-6-12(13)9-14)15-3-1-2-7-20(17(15)23)11-16(21)22/h4-5,9,15H,1-3,6-8,10-11H2,(H,21,22). The molecular weight excluding hydrogens is 299 g/mol. The molecule has 2 aliphatic rings. The lowest BCUT2D eigenvalue weighted by Crippen LogP contribution is -2.50. The summed E-state index contributed by atoms with van der Waals surface area (Å²) in [4.78, 5) is 27.2. The maximum Gasteiger partial charge on any atom is 0.323 e. The average molecular weight is 320 g/mol. The Hall–Kier alpha value is -1.95. The second-order valence-corrected chi connectivity index (χ2v) is 6.30. The normalized spacial score (nSPS) is 22.6. The summed E-state index contributed by atoms with van der Waals surface area (Å²) in [5.74, 6) is -1.29. The molecule has 0 radical (unpaired) electrons. The number of nitrogens with zero attached hydrogens (tertiary/aromatic N) is 2. The number of hydrogen-bond donors (Lipinski definition) is 1. The highest BCUT2D eigenvalue weighted by Gasteiger charge is 2.34. The van der Waals surface area contributed by atoms with Crippen LogP contribution in [-0.4, -0.2) is 52.5 Å². The summed E-state index contributed by atoms with van der Waals surface area (Å²) in [7, 11) is 0. The number of fused-ring (bicyclic) bond motifs is 1. The van der Waals surface area contributed by atoms with Crippen LogP contribution in [0.1, 0.15) is 30.4 Å². The van der Waals surface area contributed by atoms with Crippen LogP contribution in [0.25, 0.3) is 0 Å². The van der Waals surface area contributed by atoms with E-state index in [0.717, 1.165) is 36.8 Å². The van der Waals surface area contributed by atoms with E-state index in [4.69, 9.17) is 5.11 Å². The van der Waals surface area contributed by atoms with E-state index < -0.39 is 5.97 Å². The number of aliphatic carboxylic acids is 1. The van der Waals surface area contributed by atoms with Crippen molar-refractivity contribution < 1.29 is 19.1 Å². The number of hydrogen-bond acceptors (Lipinski definition) is 3. The third-order valence-electron chi connectivity index (χ3n) is 4.73. The topological polar surface area (TPSA) is 60.9 Å². The molecule has 23 heavy (non-hydrogen) atoms. The summed E-state index contributed by atoms with van der Waals surface area (Å²) in [5, 5.41) is 8.99. The number of rotatable bonds is 3. The SMILES string of the molecule is O=C(O)CN1CCCCC(N2CCc3cc(F)ccc3C2)C1=O. The molecule has 2 heterocycles. The van der Waals surface area contributed by atoms with Gasteiger partial charge in [0.25, 0.3) is 0 Å². The Morgan fingerprint density at radius 2 is 2.09 bits per heavy atom. The Bertz CT molecular complexity index is 620. The zero-order chi connectivity index (χ0) is 16.4. The fourth-order valence-electron chi connectivity index (χ4n) is 3.55. The number of carboxylic acid groups (broad SMARTS) is 1. The Morgan fingerprint density at radius 1 is 1.26 bits per heavy atom. The number of likely N-dealkylation sites (tertiary alicyclic amines) is 1. The second-order valence-electron chi connectivity index (χ2n) is 6.30. The maximum absolute atomic E-state index is 13.3. The van der Waals surface area contributed by atoms with Crippen molar-refractivity contribution in [2.75, 3.05) is 19.6 Å². The molecule has 0 saturated carbocycles. The van der Waals surface area contributed by atoms with Gasteiger partial charge in [-0.1, -0.05) is 6.07 Å². The molecule has 0 bridgehead atoms. The fraction of sp³-hybridized carbons (Fsp3) is 0.529. The lowest BCUT2D eigenvalue weighted by atomic mass is 9.97. The summed E-state index contributed by atoms with van der Waals surface area (Å²) < 4.78 is 13.3. The molecule has 1 aromatic rings. The van der Waals surface area contributed by atoms with Crippen LogP contribution in [0.4, 0.5) is 4.39 Å². The van der Waals surface area contributed by atoms with E-state index >= 15 is 0 Å².